The maximum Gasteiger partial charge on any atom is 0.417 e. The molecule has 132 valence electrons. The number of aromatic amines is 1. The highest BCUT2D eigenvalue weighted by molar-refractivity contribution is 5.97. The summed E-state index contributed by atoms with van der Waals surface area (Å²) in [5.41, 5.74) is 4.44. The molecule has 4 rings (SSSR count). The molecule has 3 aromatic rings. The van der Waals surface area contributed by atoms with Gasteiger partial charge in [0.05, 0.1) is 11.9 Å². The molecule has 0 atom stereocenters. The van der Waals surface area contributed by atoms with Gasteiger partial charge < -0.3 is 14.6 Å². The summed E-state index contributed by atoms with van der Waals surface area (Å²) >= 11 is 0. The van der Waals surface area contributed by atoms with Gasteiger partial charge in [-0.25, -0.2) is 4.79 Å². The third-order valence-corrected chi connectivity index (χ3v) is 4.55. The van der Waals surface area contributed by atoms with Crippen molar-refractivity contribution in [3.8, 4) is 0 Å². The lowest BCUT2D eigenvalue weighted by atomic mass is 10.0. The highest BCUT2D eigenvalue weighted by Crippen LogP contribution is 2.29. The van der Waals surface area contributed by atoms with E-state index in [4.69, 9.17) is 4.42 Å². The number of H-pyrrole nitrogens is 1. The Morgan fingerprint density at radius 2 is 2.04 bits per heavy atom. The monoisotopic (exact) mass is 351 g/mol. The highest BCUT2D eigenvalue weighted by Gasteiger charge is 2.21. The van der Waals surface area contributed by atoms with E-state index < -0.39 is 5.76 Å². The molecule has 2 amide bonds. The zero-order valence-electron chi connectivity index (χ0n) is 14.2. The van der Waals surface area contributed by atoms with E-state index in [0.29, 0.717) is 29.6 Å². The van der Waals surface area contributed by atoms with E-state index in [9.17, 15) is 14.4 Å². The summed E-state index contributed by atoms with van der Waals surface area (Å²) in [5, 5.41) is 2.88. The first-order chi connectivity index (χ1) is 12.5. The fourth-order valence-corrected chi connectivity index (χ4v) is 3.23. The maximum atomic E-state index is 12.3. The Bertz CT molecular complexity index is 1080. The van der Waals surface area contributed by atoms with Gasteiger partial charge in [0.1, 0.15) is 0 Å². The molecule has 2 N–H and O–H groups in total. The Balaban J connectivity index is 1.49. The Morgan fingerprint density at radius 1 is 1.19 bits per heavy atom. The van der Waals surface area contributed by atoms with Gasteiger partial charge in [-0.1, -0.05) is 6.07 Å². The zero-order valence-corrected chi connectivity index (χ0v) is 14.2. The van der Waals surface area contributed by atoms with Crippen molar-refractivity contribution in [1.29, 1.82) is 0 Å². The number of fused-ring (bicyclic) bond motifs is 2. The number of aromatic nitrogens is 1. The van der Waals surface area contributed by atoms with Gasteiger partial charge in [-0.15, -0.1) is 0 Å². The molecule has 0 radical (unpaired) electrons. The molecule has 1 aliphatic rings. The summed E-state index contributed by atoms with van der Waals surface area (Å²) in [7, 11) is 1.76. The molecule has 0 saturated carbocycles. The minimum atomic E-state index is -0.515. The van der Waals surface area contributed by atoms with Crippen molar-refractivity contribution >= 4 is 34.3 Å². The Hall–Kier alpha value is -3.35. The van der Waals surface area contributed by atoms with Crippen molar-refractivity contribution in [2.24, 2.45) is 0 Å². The number of benzene rings is 2. The Kier molecular flexibility index (Phi) is 3.84. The largest absolute Gasteiger partial charge is 0.417 e. The quantitative estimate of drug-likeness (QED) is 0.756. The van der Waals surface area contributed by atoms with Crippen LogP contribution in [0.1, 0.15) is 17.5 Å². The molecule has 2 heterocycles. The summed E-state index contributed by atoms with van der Waals surface area (Å²) in [6.45, 7) is 0. The van der Waals surface area contributed by atoms with Crippen LogP contribution in [0.25, 0.3) is 11.1 Å². The number of aryl methyl sites for hydroxylation is 1. The van der Waals surface area contributed by atoms with Gasteiger partial charge in [-0.2, -0.15) is 0 Å². The standard InChI is InChI=1S/C19H17N3O4/c1-22-15-5-4-13(10-12(15)3-7-18(22)24)20-17(23)9-11-2-6-16-14(8-11)21-19(25)26-16/h2,4-6,8,10H,3,7,9H2,1H3,(H,20,23)(H,21,25). The van der Waals surface area contributed by atoms with Gasteiger partial charge in [-0.05, 0) is 47.9 Å². The molecule has 2 aromatic carbocycles. The normalized spacial score (nSPS) is 13.7. The van der Waals surface area contributed by atoms with Crippen LogP contribution in [-0.2, 0) is 22.4 Å². The Morgan fingerprint density at radius 3 is 2.88 bits per heavy atom. The number of carbonyl (C=O) groups excluding carboxylic acids is 2. The molecule has 7 heteroatoms. The maximum absolute atomic E-state index is 12.3. The fourth-order valence-electron chi connectivity index (χ4n) is 3.23. The third kappa shape index (κ3) is 2.99. The topological polar surface area (TPSA) is 95.4 Å². The van der Waals surface area contributed by atoms with Crippen LogP contribution < -0.4 is 16.0 Å². The first kappa shape index (κ1) is 16.1. The second-order valence-corrected chi connectivity index (χ2v) is 6.37. The second-order valence-electron chi connectivity index (χ2n) is 6.37. The van der Waals surface area contributed by atoms with Crippen LogP contribution in [0.15, 0.2) is 45.6 Å². The average molecular weight is 351 g/mol. The van der Waals surface area contributed by atoms with Crippen LogP contribution >= 0.6 is 0 Å². The number of anilines is 2. The van der Waals surface area contributed by atoms with Crippen molar-refractivity contribution in [2.45, 2.75) is 19.3 Å². The van der Waals surface area contributed by atoms with Gasteiger partial charge in [0.25, 0.3) is 0 Å². The number of nitrogens with one attached hydrogen (secondary N) is 2. The lowest BCUT2D eigenvalue weighted by Gasteiger charge is -2.26. The lowest BCUT2D eigenvalue weighted by molar-refractivity contribution is -0.118. The molecule has 0 aliphatic carbocycles. The number of hydrogen-bond acceptors (Lipinski definition) is 4. The third-order valence-electron chi connectivity index (χ3n) is 4.55. The molecule has 26 heavy (non-hydrogen) atoms. The number of carbonyl (C=O) groups is 2. The summed E-state index contributed by atoms with van der Waals surface area (Å²) in [6, 6.07) is 10.7. The molecule has 0 spiro atoms. The van der Waals surface area contributed by atoms with E-state index in [1.807, 2.05) is 12.1 Å². The number of rotatable bonds is 3. The van der Waals surface area contributed by atoms with E-state index in [0.717, 1.165) is 16.8 Å². The van der Waals surface area contributed by atoms with E-state index in [1.165, 1.54) is 0 Å². The molecule has 1 aliphatic heterocycles. The number of oxazole rings is 1. The minimum absolute atomic E-state index is 0.0990. The van der Waals surface area contributed by atoms with Crippen molar-refractivity contribution in [3.05, 3.63) is 58.1 Å². The number of hydrogen-bond donors (Lipinski definition) is 2. The van der Waals surface area contributed by atoms with Crippen molar-refractivity contribution in [2.75, 3.05) is 17.3 Å². The van der Waals surface area contributed by atoms with Gasteiger partial charge in [0.2, 0.25) is 11.8 Å². The van der Waals surface area contributed by atoms with Crippen LogP contribution in [0.5, 0.6) is 0 Å². The number of amides is 2. The van der Waals surface area contributed by atoms with E-state index in [-0.39, 0.29) is 18.2 Å². The minimum Gasteiger partial charge on any atom is -0.408 e. The zero-order chi connectivity index (χ0) is 18.3. The summed E-state index contributed by atoms with van der Waals surface area (Å²) in [4.78, 5) is 39.5. The van der Waals surface area contributed by atoms with E-state index >= 15 is 0 Å². The SMILES string of the molecule is CN1C(=O)CCc2cc(NC(=O)Cc3ccc4oc(=O)[nH]c4c3)ccc21. The highest BCUT2D eigenvalue weighted by atomic mass is 16.4. The molecule has 0 fully saturated rings. The molecular weight excluding hydrogens is 334 g/mol. The summed E-state index contributed by atoms with van der Waals surface area (Å²) < 4.78 is 4.95. The Labute approximate surface area is 148 Å². The lowest BCUT2D eigenvalue weighted by Crippen LogP contribution is -2.31. The molecule has 7 nitrogen and oxygen atoms in total. The average Bonchev–Trinajstić information content (AvgIpc) is 2.97. The van der Waals surface area contributed by atoms with E-state index in [1.54, 1.807) is 36.2 Å². The van der Waals surface area contributed by atoms with E-state index in [2.05, 4.69) is 10.3 Å². The van der Waals surface area contributed by atoms with Crippen molar-refractivity contribution in [3.63, 3.8) is 0 Å². The van der Waals surface area contributed by atoms with Crippen molar-refractivity contribution in [1.82, 2.24) is 4.98 Å². The smallest absolute Gasteiger partial charge is 0.408 e. The fraction of sp³-hybridized carbons (Fsp3) is 0.211. The molecular formula is C19H17N3O4. The molecule has 0 saturated heterocycles. The van der Waals surface area contributed by atoms with Crippen LogP contribution in [0.2, 0.25) is 0 Å². The van der Waals surface area contributed by atoms with Crippen LogP contribution in [-0.4, -0.2) is 23.8 Å². The van der Waals surface area contributed by atoms with Gasteiger partial charge in [0, 0.05) is 24.8 Å². The van der Waals surface area contributed by atoms with Crippen LogP contribution in [0.4, 0.5) is 11.4 Å². The van der Waals surface area contributed by atoms with Crippen LogP contribution in [0.3, 0.4) is 0 Å². The van der Waals surface area contributed by atoms with Gasteiger partial charge in [0.15, 0.2) is 5.58 Å². The predicted molar refractivity (Wildman–Crippen MR) is 97.3 cm³/mol. The first-order valence-electron chi connectivity index (χ1n) is 8.31. The van der Waals surface area contributed by atoms with Gasteiger partial charge >= 0.3 is 5.76 Å². The predicted octanol–water partition coefficient (Wildman–Crippen LogP) is 2.21. The first-order valence-corrected chi connectivity index (χ1v) is 8.31. The molecule has 1 aromatic heterocycles. The van der Waals surface area contributed by atoms with Gasteiger partial charge in [-0.3, -0.25) is 14.6 Å². The summed E-state index contributed by atoms with van der Waals surface area (Å²) in [6.07, 6.45) is 1.33. The molecule has 0 bridgehead atoms. The number of nitrogens with zero attached hydrogens (tertiary/aromatic N) is 1. The summed E-state index contributed by atoms with van der Waals surface area (Å²) in [5.74, 6) is -0.573. The van der Waals surface area contributed by atoms with Crippen LogP contribution in [0, 0.1) is 0 Å². The van der Waals surface area contributed by atoms with Crippen molar-refractivity contribution < 1.29 is 14.0 Å². The second kappa shape index (κ2) is 6.18. The molecule has 0 unspecified atom stereocenters.